The number of carbonyl (C=O) groups is 1. The Hall–Kier alpha value is -2.13. The summed E-state index contributed by atoms with van der Waals surface area (Å²) in [6.45, 7) is 1.08. The molecule has 2 aromatic rings. The number of sulfonamides is 1. The molecule has 31 heavy (non-hydrogen) atoms. The van der Waals surface area contributed by atoms with Crippen molar-refractivity contribution in [3.63, 3.8) is 0 Å². The van der Waals surface area contributed by atoms with Crippen LogP contribution in [0.2, 0.25) is 5.02 Å². The zero-order valence-corrected chi connectivity index (χ0v) is 18.6. The fourth-order valence-corrected chi connectivity index (χ4v) is 4.89. The monoisotopic (exact) mass is 463 g/mol. The summed E-state index contributed by atoms with van der Waals surface area (Å²) in [5.41, 5.74) is 1.72. The van der Waals surface area contributed by atoms with Gasteiger partial charge in [0.2, 0.25) is 10.0 Å². The first-order valence-corrected chi connectivity index (χ1v) is 12.4. The van der Waals surface area contributed by atoms with E-state index in [9.17, 15) is 13.2 Å². The third kappa shape index (κ3) is 5.98. The predicted octanol–water partition coefficient (Wildman–Crippen LogP) is 4.91. The quantitative estimate of drug-likeness (QED) is 0.543. The molecule has 1 saturated heterocycles. The van der Waals surface area contributed by atoms with Gasteiger partial charge in [-0.15, -0.1) is 0 Å². The van der Waals surface area contributed by atoms with Gasteiger partial charge in [-0.3, -0.25) is 0 Å². The van der Waals surface area contributed by atoms with Crippen LogP contribution < -0.4 is 15.4 Å². The Kier molecular flexibility index (Phi) is 6.81. The Bertz CT molecular complexity index is 1050. The maximum Gasteiger partial charge on any atom is 0.323 e. The van der Waals surface area contributed by atoms with Crippen LogP contribution in [0, 0.1) is 5.92 Å². The van der Waals surface area contributed by atoms with Gasteiger partial charge in [0.15, 0.2) is 0 Å². The molecule has 7 nitrogen and oxygen atoms in total. The molecule has 1 atom stereocenters. The standard InChI is InChI=1S/C22H26ClN3O4S/c23-16-4-3-5-17(12-16)25-22(27)26-20-13-18(31(28,29)24-14-15-7-8-15)9-10-19(20)21-6-1-2-11-30-21/h3-5,9-10,12-13,15,21,24H,1-2,6-8,11,14H2,(H2,25,26,27). The van der Waals surface area contributed by atoms with Crippen molar-refractivity contribution < 1.29 is 17.9 Å². The smallest absolute Gasteiger partial charge is 0.323 e. The van der Waals surface area contributed by atoms with E-state index in [0.717, 1.165) is 37.7 Å². The summed E-state index contributed by atoms with van der Waals surface area (Å²) >= 11 is 5.98. The number of urea groups is 1. The van der Waals surface area contributed by atoms with Crippen LogP contribution >= 0.6 is 11.6 Å². The minimum absolute atomic E-state index is 0.116. The zero-order valence-electron chi connectivity index (χ0n) is 17.1. The van der Waals surface area contributed by atoms with Gasteiger partial charge < -0.3 is 15.4 Å². The SMILES string of the molecule is O=C(Nc1cccc(Cl)c1)Nc1cc(S(=O)(=O)NCC2CC2)ccc1C1CCCCO1. The Labute approximate surface area is 187 Å². The summed E-state index contributed by atoms with van der Waals surface area (Å²) in [7, 11) is -3.67. The number of benzene rings is 2. The minimum atomic E-state index is -3.67. The Balaban J connectivity index is 1.57. The van der Waals surface area contributed by atoms with Crippen LogP contribution in [0.15, 0.2) is 47.4 Å². The van der Waals surface area contributed by atoms with Crippen molar-refractivity contribution in [1.82, 2.24) is 4.72 Å². The summed E-state index contributed by atoms with van der Waals surface area (Å²) in [5, 5.41) is 6.03. The second-order valence-corrected chi connectivity index (χ2v) is 10.2. The van der Waals surface area contributed by atoms with Gasteiger partial charge in [-0.2, -0.15) is 0 Å². The second kappa shape index (κ2) is 9.56. The molecule has 2 aliphatic rings. The highest BCUT2D eigenvalue weighted by Gasteiger charge is 2.26. The first-order chi connectivity index (χ1) is 14.9. The van der Waals surface area contributed by atoms with Crippen LogP contribution in [0.25, 0.3) is 0 Å². The molecule has 1 saturated carbocycles. The molecule has 2 amide bonds. The van der Waals surface area contributed by atoms with Gasteiger partial charge in [0.05, 0.1) is 11.0 Å². The molecule has 3 N–H and O–H groups in total. The molecule has 0 aromatic heterocycles. The van der Waals surface area contributed by atoms with Crippen LogP contribution in [0.4, 0.5) is 16.2 Å². The Morgan fingerprint density at radius 3 is 2.61 bits per heavy atom. The van der Waals surface area contributed by atoms with Gasteiger partial charge in [0.25, 0.3) is 0 Å². The molecule has 9 heteroatoms. The van der Waals surface area contributed by atoms with E-state index in [1.54, 1.807) is 36.4 Å². The average Bonchev–Trinajstić information content (AvgIpc) is 3.57. The van der Waals surface area contributed by atoms with E-state index < -0.39 is 16.1 Å². The molecule has 2 fully saturated rings. The van der Waals surface area contributed by atoms with Gasteiger partial charge in [0.1, 0.15) is 0 Å². The molecule has 1 unspecified atom stereocenters. The number of nitrogens with one attached hydrogen (secondary N) is 3. The largest absolute Gasteiger partial charge is 0.373 e. The first kappa shape index (κ1) is 22.1. The van der Waals surface area contributed by atoms with Crippen molar-refractivity contribution in [2.24, 2.45) is 5.92 Å². The van der Waals surface area contributed by atoms with Crippen LogP contribution in [0.3, 0.4) is 0 Å². The molecule has 2 aromatic carbocycles. The lowest BCUT2D eigenvalue weighted by atomic mass is 10.00. The highest BCUT2D eigenvalue weighted by molar-refractivity contribution is 7.89. The summed E-state index contributed by atoms with van der Waals surface area (Å²) in [6, 6.07) is 11.1. The summed E-state index contributed by atoms with van der Waals surface area (Å²) in [6.07, 6.45) is 4.74. The van der Waals surface area contributed by atoms with Crippen molar-refractivity contribution in [3.8, 4) is 0 Å². The molecule has 0 radical (unpaired) electrons. The van der Waals surface area contributed by atoms with E-state index in [-0.39, 0.29) is 11.0 Å². The summed E-state index contributed by atoms with van der Waals surface area (Å²) < 4.78 is 34.0. The van der Waals surface area contributed by atoms with E-state index in [0.29, 0.717) is 35.5 Å². The molecule has 0 bridgehead atoms. The minimum Gasteiger partial charge on any atom is -0.373 e. The summed E-state index contributed by atoms with van der Waals surface area (Å²) in [5.74, 6) is 0.422. The lowest BCUT2D eigenvalue weighted by molar-refractivity contribution is 0.0154. The topological polar surface area (TPSA) is 96.5 Å². The average molecular weight is 464 g/mol. The first-order valence-electron chi connectivity index (χ1n) is 10.5. The van der Waals surface area contributed by atoms with E-state index in [1.165, 1.54) is 6.07 Å². The third-order valence-corrected chi connectivity index (χ3v) is 7.11. The molecule has 166 valence electrons. The van der Waals surface area contributed by atoms with Crippen LogP contribution in [-0.4, -0.2) is 27.6 Å². The van der Waals surface area contributed by atoms with Crippen molar-refractivity contribution >= 4 is 39.0 Å². The normalized spacial score (nSPS) is 19.1. The molecule has 1 aliphatic heterocycles. The van der Waals surface area contributed by atoms with Gasteiger partial charge in [-0.25, -0.2) is 17.9 Å². The van der Waals surface area contributed by atoms with Gasteiger partial charge in [-0.05, 0) is 68.4 Å². The molecule has 1 aliphatic carbocycles. The van der Waals surface area contributed by atoms with Crippen LogP contribution in [0.5, 0.6) is 0 Å². The molecule has 1 heterocycles. The zero-order chi connectivity index (χ0) is 21.8. The summed E-state index contributed by atoms with van der Waals surface area (Å²) in [4.78, 5) is 12.8. The fraction of sp³-hybridized carbons (Fsp3) is 0.409. The predicted molar refractivity (Wildman–Crippen MR) is 121 cm³/mol. The molecule has 4 rings (SSSR count). The molecular formula is C22H26ClN3O4S. The molecular weight excluding hydrogens is 438 g/mol. The van der Waals surface area contributed by atoms with E-state index >= 15 is 0 Å². The number of halogens is 1. The number of hydrogen-bond acceptors (Lipinski definition) is 4. The lowest BCUT2D eigenvalue weighted by Crippen LogP contribution is -2.27. The van der Waals surface area contributed by atoms with E-state index in [1.807, 2.05) is 0 Å². The van der Waals surface area contributed by atoms with Gasteiger partial charge in [-0.1, -0.05) is 23.7 Å². The van der Waals surface area contributed by atoms with E-state index in [2.05, 4.69) is 15.4 Å². The number of hydrogen-bond donors (Lipinski definition) is 3. The second-order valence-electron chi connectivity index (χ2n) is 7.99. The van der Waals surface area contributed by atoms with Crippen molar-refractivity contribution in [2.45, 2.75) is 43.1 Å². The van der Waals surface area contributed by atoms with E-state index in [4.69, 9.17) is 16.3 Å². The molecule has 0 spiro atoms. The van der Waals surface area contributed by atoms with Gasteiger partial charge in [0, 0.05) is 35.1 Å². The van der Waals surface area contributed by atoms with Crippen molar-refractivity contribution in [2.75, 3.05) is 23.8 Å². The third-order valence-electron chi connectivity index (χ3n) is 5.45. The Morgan fingerprint density at radius 2 is 1.90 bits per heavy atom. The number of ether oxygens (including phenoxy) is 1. The number of amides is 2. The maximum absolute atomic E-state index is 12.7. The van der Waals surface area contributed by atoms with Crippen molar-refractivity contribution in [1.29, 1.82) is 0 Å². The van der Waals surface area contributed by atoms with Gasteiger partial charge >= 0.3 is 6.03 Å². The van der Waals surface area contributed by atoms with Crippen LogP contribution in [-0.2, 0) is 14.8 Å². The Morgan fingerprint density at radius 1 is 1.06 bits per heavy atom. The lowest BCUT2D eigenvalue weighted by Gasteiger charge is -2.25. The fourth-order valence-electron chi connectivity index (χ4n) is 3.56. The number of rotatable bonds is 7. The maximum atomic E-state index is 12.7. The highest BCUT2D eigenvalue weighted by Crippen LogP contribution is 2.34. The van der Waals surface area contributed by atoms with Crippen molar-refractivity contribution in [3.05, 3.63) is 53.1 Å². The van der Waals surface area contributed by atoms with Crippen LogP contribution in [0.1, 0.15) is 43.8 Å². The highest BCUT2D eigenvalue weighted by atomic mass is 35.5. The number of anilines is 2. The number of carbonyl (C=O) groups excluding carboxylic acids is 1.